The smallest absolute Gasteiger partial charge is 0.309 e. The summed E-state index contributed by atoms with van der Waals surface area (Å²) < 4.78 is 33.1. The second kappa shape index (κ2) is 7.01. The number of imidazole rings is 1. The highest BCUT2D eigenvalue weighted by Crippen LogP contribution is 2.20. The van der Waals surface area contributed by atoms with Gasteiger partial charge in [0.25, 0.3) is 10.2 Å². The number of aromatic nitrogens is 2. The lowest BCUT2D eigenvalue weighted by atomic mass is 9.98. The van der Waals surface area contributed by atoms with Crippen LogP contribution >= 0.6 is 0 Å². The van der Waals surface area contributed by atoms with Gasteiger partial charge in [0.05, 0.1) is 19.1 Å². The maximum atomic E-state index is 12.1. The van der Waals surface area contributed by atoms with Crippen molar-refractivity contribution in [1.82, 2.24) is 19.0 Å². The fraction of sp³-hybridized carbons (Fsp3) is 0.667. The number of hydrogen-bond donors (Lipinski definition) is 2. The lowest BCUT2D eigenvalue weighted by Crippen LogP contribution is -2.46. The molecule has 2 rings (SSSR count). The van der Waals surface area contributed by atoms with E-state index in [1.165, 1.54) is 4.31 Å². The predicted molar refractivity (Wildman–Crippen MR) is 75.3 cm³/mol. The summed E-state index contributed by atoms with van der Waals surface area (Å²) in [5, 5.41) is 0. The van der Waals surface area contributed by atoms with E-state index in [4.69, 9.17) is 4.74 Å². The average Bonchev–Trinajstić information content (AvgIpc) is 2.99. The second-order valence-electron chi connectivity index (χ2n) is 4.79. The Labute approximate surface area is 124 Å². The van der Waals surface area contributed by atoms with Gasteiger partial charge in [-0.2, -0.15) is 17.4 Å². The van der Waals surface area contributed by atoms with Gasteiger partial charge in [0.2, 0.25) is 0 Å². The summed E-state index contributed by atoms with van der Waals surface area (Å²) in [7, 11) is -3.55. The zero-order valence-corrected chi connectivity index (χ0v) is 12.7. The Bertz CT molecular complexity index is 550. The van der Waals surface area contributed by atoms with E-state index in [2.05, 4.69) is 14.7 Å². The lowest BCUT2D eigenvalue weighted by molar-refractivity contribution is -0.149. The number of ether oxygens (including phenoxy) is 1. The molecule has 0 spiro atoms. The predicted octanol–water partition coefficient (Wildman–Crippen LogP) is 0.0192. The van der Waals surface area contributed by atoms with Crippen molar-refractivity contribution < 1.29 is 17.9 Å². The molecule has 1 saturated heterocycles. The normalized spacial score (nSPS) is 17.8. The summed E-state index contributed by atoms with van der Waals surface area (Å²) in [4.78, 5) is 18.4. The number of carbonyl (C=O) groups excluding carboxylic acids is 1. The van der Waals surface area contributed by atoms with E-state index in [-0.39, 0.29) is 18.4 Å². The van der Waals surface area contributed by atoms with E-state index in [1.807, 2.05) is 0 Å². The van der Waals surface area contributed by atoms with Crippen molar-refractivity contribution in [2.75, 3.05) is 19.7 Å². The molecule has 0 radical (unpaired) electrons. The van der Waals surface area contributed by atoms with Gasteiger partial charge < -0.3 is 9.72 Å². The van der Waals surface area contributed by atoms with Crippen LogP contribution in [0, 0.1) is 5.92 Å². The molecule has 1 aromatic rings. The van der Waals surface area contributed by atoms with E-state index in [0.29, 0.717) is 38.4 Å². The minimum atomic E-state index is -3.55. The molecule has 0 unspecified atom stereocenters. The average molecular weight is 316 g/mol. The SMILES string of the molecule is CCOC(=O)C1CCN(S(=O)(=O)NCc2ncc[nH]2)CC1. The van der Waals surface area contributed by atoms with Gasteiger partial charge in [0.1, 0.15) is 5.82 Å². The van der Waals surface area contributed by atoms with Gasteiger partial charge in [0, 0.05) is 25.5 Å². The summed E-state index contributed by atoms with van der Waals surface area (Å²) in [6.45, 7) is 2.86. The first-order chi connectivity index (χ1) is 10.0. The summed E-state index contributed by atoms with van der Waals surface area (Å²) in [6, 6.07) is 0. The molecule has 1 aromatic heterocycles. The Morgan fingerprint density at radius 2 is 2.24 bits per heavy atom. The van der Waals surface area contributed by atoms with Gasteiger partial charge in [-0.15, -0.1) is 0 Å². The zero-order valence-electron chi connectivity index (χ0n) is 11.9. The summed E-state index contributed by atoms with van der Waals surface area (Å²) in [5.74, 6) is 0.111. The second-order valence-corrected chi connectivity index (χ2v) is 6.54. The Morgan fingerprint density at radius 1 is 1.52 bits per heavy atom. The quantitative estimate of drug-likeness (QED) is 0.720. The Hall–Kier alpha value is -1.45. The van der Waals surface area contributed by atoms with Crippen LogP contribution in [0.15, 0.2) is 12.4 Å². The number of H-pyrrole nitrogens is 1. The molecule has 0 atom stereocenters. The third-order valence-corrected chi connectivity index (χ3v) is 4.94. The molecule has 8 nitrogen and oxygen atoms in total. The van der Waals surface area contributed by atoms with Crippen LogP contribution in [0.1, 0.15) is 25.6 Å². The zero-order chi connectivity index (χ0) is 15.3. The highest BCUT2D eigenvalue weighted by Gasteiger charge is 2.31. The minimum Gasteiger partial charge on any atom is -0.466 e. The summed E-state index contributed by atoms with van der Waals surface area (Å²) >= 11 is 0. The van der Waals surface area contributed by atoms with Crippen molar-refractivity contribution in [1.29, 1.82) is 0 Å². The van der Waals surface area contributed by atoms with E-state index in [9.17, 15) is 13.2 Å². The molecule has 9 heteroatoms. The van der Waals surface area contributed by atoms with Crippen molar-refractivity contribution in [2.45, 2.75) is 26.3 Å². The molecule has 0 aromatic carbocycles. The molecule has 118 valence electrons. The highest BCUT2D eigenvalue weighted by atomic mass is 32.2. The van der Waals surface area contributed by atoms with Crippen LogP contribution in [0.4, 0.5) is 0 Å². The van der Waals surface area contributed by atoms with Crippen molar-refractivity contribution in [3.63, 3.8) is 0 Å². The third kappa shape index (κ3) is 4.26. The van der Waals surface area contributed by atoms with E-state index >= 15 is 0 Å². The van der Waals surface area contributed by atoms with Crippen molar-refractivity contribution in [3.8, 4) is 0 Å². The van der Waals surface area contributed by atoms with Gasteiger partial charge >= 0.3 is 5.97 Å². The molecule has 2 N–H and O–H groups in total. The highest BCUT2D eigenvalue weighted by molar-refractivity contribution is 7.87. The molecule has 21 heavy (non-hydrogen) atoms. The van der Waals surface area contributed by atoms with Crippen LogP contribution in [0.5, 0.6) is 0 Å². The number of esters is 1. The van der Waals surface area contributed by atoms with Crippen molar-refractivity contribution in [3.05, 3.63) is 18.2 Å². The Balaban J connectivity index is 1.84. The van der Waals surface area contributed by atoms with Crippen molar-refractivity contribution in [2.24, 2.45) is 5.92 Å². The van der Waals surface area contributed by atoms with Crippen LogP contribution in [-0.2, 0) is 26.3 Å². The standard InChI is InChI=1S/C12H20N4O4S/c1-2-20-12(17)10-3-7-16(8-4-10)21(18,19)15-9-11-13-5-6-14-11/h5-6,10,15H,2-4,7-9H2,1H3,(H,13,14). The number of nitrogens with one attached hydrogen (secondary N) is 2. The summed E-state index contributed by atoms with van der Waals surface area (Å²) in [5.41, 5.74) is 0. The molecule has 0 saturated carbocycles. The van der Waals surface area contributed by atoms with Gasteiger partial charge in [-0.1, -0.05) is 0 Å². The maximum absolute atomic E-state index is 12.1. The first kappa shape index (κ1) is 15.9. The minimum absolute atomic E-state index is 0.118. The maximum Gasteiger partial charge on any atom is 0.309 e. The molecule has 1 fully saturated rings. The Morgan fingerprint density at radius 3 is 2.81 bits per heavy atom. The molecule has 0 aliphatic carbocycles. The van der Waals surface area contributed by atoms with E-state index < -0.39 is 10.2 Å². The fourth-order valence-corrected chi connectivity index (χ4v) is 3.43. The molecular formula is C12H20N4O4S. The number of piperidine rings is 1. The topological polar surface area (TPSA) is 104 Å². The largest absolute Gasteiger partial charge is 0.466 e. The van der Waals surface area contributed by atoms with Crippen LogP contribution in [0.25, 0.3) is 0 Å². The van der Waals surface area contributed by atoms with E-state index in [0.717, 1.165) is 0 Å². The number of rotatable bonds is 6. The molecular weight excluding hydrogens is 296 g/mol. The monoisotopic (exact) mass is 316 g/mol. The number of hydrogen-bond acceptors (Lipinski definition) is 5. The number of nitrogens with zero attached hydrogens (tertiary/aromatic N) is 2. The van der Waals surface area contributed by atoms with Gasteiger partial charge in [-0.05, 0) is 19.8 Å². The lowest BCUT2D eigenvalue weighted by Gasteiger charge is -2.29. The van der Waals surface area contributed by atoms with Crippen LogP contribution < -0.4 is 4.72 Å². The third-order valence-electron chi connectivity index (χ3n) is 3.39. The van der Waals surface area contributed by atoms with Gasteiger partial charge in [-0.25, -0.2) is 4.98 Å². The molecule has 1 aliphatic heterocycles. The van der Waals surface area contributed by atoms with Gasteiger partial charge in [-0.3, -0.25) is 4.79 Å². The van der Waals surface area contributed by atoms with Crippen molar-refractivity contribution >= 4 is 16.2 Å². The Kier molecular flexibility index (Phi) is 5.32. The van der Waals surface area contributed by atoms with Gasteiger partial charge in [0.15, 0.2) is 0 Å². The van der Waals surface area contributed by atoms with Crippen LogP contribution in [0.2, 0.25) is 0 Å². The number of aromatic amines is 1. The molecule has 0 amide bonds. The van der Waals surface area contributed by atoms with Crippen LogP contribution in [-0.4, -0.2) is 48.4 Å². The van der Waals surface area contributed by atoms with E-state index in [1.54, 1.807) is 19.3 Å². The molecule has 2 heterocycles. The fourth-order valence-electron chi connectivity index (χ4n) is 2.24. The van der Waals surface area contributed by atoms with Crippen LogP contribution in [0.3, 0.4) is 0 Å². The summed E-state index contributed by atoms with van der Waals surface area (Å²) in [6.07, 6.45) is 4.17. The molecule has 0 bridgehead atoms. The first-order valence-corrected chi connectivity index (χ1v) is 8.36. The molecule has 1 aliphatic rings. The first-order valence-electron chi connectivity index (χ1n) is 6.92. The number of carbonyl (C=O) groups is 1.